The summed E-state index contributed by atoms with van der Waals surface area (Å²) < 4.78 is 0. The monoisotopic (exact) mass is 604 g/mol. The van der Waals surface area contributed by atoms with E-state index in [4.69, 9.17) is 10.8 Å². The first-order valence-electron chi connectivity index (χ1n) is 13.1. The Bertz CT molecular complexity index is 1220. The number of carbonyl (C=O) groups is 5. The van der Waals surface area contributed by atoms with E-state index in [1.165, 1.54) is 48.2 Å². The van der Waals surface area contributed by atoms with Crippen LogP contribution < -0.4 is 21.7 Å². The lowest BCUT2D eigenvalue weighted by Crippen LogP contribution is -2.58. The Labute approximate surface area is 246 Å². The van der Waals surface area contributed by atoms with Gasteiger partial charge in [-0.15, -0.1) is 0 Å². The van der Waals surface area contributed by atoms with Crippen LogP contribution in [0.25, 0.3) is 0 Å². The van der Waals surface area contributed by atoms with Crippen LogP contribution >= 0.6 is 11.8 Å². The zero-order valence-corrected chi connectivity index (χ0v) is 23.8. The largest absolute Gasteiger partial charge is 0.508 e. The summed E-state index contributed by atoms with van der Waals surface area (Å²) in [6.07, 6.45) is 1.28. The normalized spacial score (nSPS) is 13.7. The smallest absolute Gasteiger partial charge is 0.326 e. The molecular formula is C28H36N4O9S. The minimum absolute atomic E-state index is 0.0114. The Kier molecular flexibility index (Phi) is 13.6. The van der Waals surface area contributed by atoms with Crippen LogP contribution in [0.1, 0.15) is 30.4 Å². The molecule has 3 amide bonds. The summed E-state index contributed by atoms with van der Waals surface area (Å²) >= 11 is 1.41. The molecule has 228 valence electrons. The second-order valence-electron chi connectivity index (χ2n) is 9.58. The number of aliphatic carboxylic acids is 2. The number of phenolic OH excluding ortho intramolecular Hbond substituents is 2. The van der Waals surface area contributed by atoms with Gasteiger partial charge in [0.1, 0.15) is 29.6 Å². The van der Waals surface area contributed by atoms with Crippen LogP contribution in [0.3, 0.4) is 0 Å². The number of benzene rings is 2. The molecule has 4 unspecified atom stereocenters. The molecule has 0 spiro atoms. The quantitative estimate of drug-likeness (QED) is 0.123. The highest BCUT2D eigenvalue weighted by molar-refractivity contribution is 7.98. The van der Waals surface area contributed by atoms with E-state index in [2.05, 4.69) is 16.0 Å². The van der Waals surface area contributed by atoms with Gasteiger partial charge in [0, 0.05) is 19.3 Å². The predicted octanol–water partition coefficient (Wildman–Crippen LogP) is 0.367. The number of phenols is 2. The van der Waals surface area contributed by atoms with Gasteiger partial charge in [-0.3, -0.25) is 19.2 Å². The molecule has 13 nitrogen and oxygen atoms in total. The van der Waals surface area contributed by atoms with Gasteiger partial charge in [-0.05, 0) is 60.2 Å². The van der Waals surface area contributed by atoms with Crippen molar-refractivity contribution in [1.82, 2.24) is 16.0 Å². The molecule has 0 bridgehead atoms. The summed E-state index contributed by atoms with van der Waals surface area (Å²) in [6, 6.07) is 6.79. The Morgan fingerprint density at radius 2 is 1.14 bits per heavy atom. The third-order valence-electron chi connectivity index (χ3n) is 6.25. The molecular weight excluding hydrogens is 568 g/mol. The first-order valence-corrected chi connectivity index (χ1v) is 14.4. The third kappa shape index (κ3) is 11.7. The van der Waals surface area contributed by atoms with Crippen molar-refractivity contribution in [2.45, 2.75) is 56.3 Å². The molecule has 0 radical (unpaired) electrons. The SMILES string of the molecule is CSCCC(NC(=O)C(Cc1ccc(O)cc1)NC(=O)C(Cc1ccc(O)cc1)NC(=O)C(N)CCC(=O)O)C(=O)O. The molecule has 0 aromatic heterocycles. The highest BCUT2D eigenvalue weighted by Crippen LogP contribution is 2.14. The first-order chi connectivity index (χ1) is 19.9. The van der Waals surface area contributed by atoms with Crippen molar-refractivity contribution in [3.8, 4) is 11.5 Å². The summed E-state index contributed by atoms with van der Waals surface area (Å²) in [5.74, 6) is -4.26. The Morgan fingerprint density at radius 1 is 0.714 bits per heavy atom. The predicted molar refractivity (Wildman–Crippen MR) is 155 cm³/mol. The summed E-state index contributed by atoms with van der Waals surface area (Å²) in [5.41, 5.74) is 6.94. The fourth-order valence-electron chi connectivity index (χ4n) is 3.88. The fraction of sp³-hybridized carbons (Fsp3) is 0.393. The minimum Gasteiger partial charge on any atom is -0.508 e. The van der Waals surface area contributed by atoms with Gasteiger partial charge in [-0.2, -0.15) is 11.8 Å². The number of hydrogen-bond donors (Lipinski definition) is 8. The number of nitrogens with two attached hydrogens (primary N) is 1. The number of hydrogen-bond acceptors (Lipinski definition) is 9. The Balaban J connectivity index is 2.32. The average molecular weight is 605 g/mol. The number of aromatic hydroxyl groups is 2. The number of carboxylic acids is 2. The molecule has 14 heteroatoms. The maximum atomic E-state index is 13.5. The Hall–Kier alpha value is -4.30. The van der Waals surface area contributed by atoms with Gasteiger partial charge in [0.25, 0.3) is 0 Å². The molecule has 0 aliphatic heterocycles. The third-order valence-corrected chi connectivity index (χ3v) is 6.89. The van der Waals surface area contributed by atoms with Crippen molar-refractivity contribution in [3.05, 3.63) is 59.7 Å². The van der Waals surface area contributed by atoms with E-state index in [-0.39, 0.29) is 43.6 Å². The second kappa shape index (κ2) is 16.8. The van der Waals surface area contributed by atoms with Gasteiger partial charge < -0.3 is 42.1 Å². The van der Waals surface area contributed by atoms with Crippen LogP contribution in [0.15, 0.2) is 48.5 Å². The van der Waals surface area contributed by atoms with Crippen LogP contribution in [0, 0.1) is 0 Å². The molecule has 2 rings (SSSR count). The number of thioether (sulfide) groups is 1. The summed E-state index contributed by atoms with van der Waals surface area (Å²) in [5, 5.41) is 45.3. The average Bonchev–Trinajstić information content (AvgIpc) is 2.94. The highest BCUT2D eigenvalue weighted by atomic mass is 32.2. The number of nitrogens with one attached hydrogen (secondary N) is 3. The van der Waals surface area contributed by atoms with Crippen molar-refractivity contribution in [3.63, 3.8) is 0 Å². The summed E-state index contributed by atoms with van der Waals surface area (Å²) in [4.78, 5) is 62.2. The molecule has 0 saturated carbocycles. The highest BCUT2D eigenvalue weighted by Gasteiger charge is 2.31. The first kappa shape index (κ1) is 33.9. The van der Waals surface area contributed by atoms with Crippen LogP contribution in [-0.2, 0) is 36.8 Å². The molecule has 42 heavy (non-hydrogen) atoms. The Morgan fingerprint density at radius 3 is 1.55 bits per heavy atom. The van der Waals surface area contributed by atoms with Crippen LogP contribution in [0.4, 0.5) is 0 Å². The van der Waals surface area contributed by atoms with Crippen molar-refractivity contribution in [2.75, 3.05) is 12.0 Å². The number of carbonyl (C=O) groups excluding carboxylic acids is 3. The van der Waals surface area contributed by atoms with E-state index < -0.39 is 53.8 Å². The fourth-order valence-corrected chi connectivity index (χ4v) is 4.35. The van der Waals surface area contributed by atoms with E-state index in [0.29, 0.717) is 16.9 Å². The molecule has 0 aliphatic rings. The number of amides is 3. The molecule has 2 aromatic carbocycles. The second-order valence-corrected chi connectivity index (χ2v) is 10.6. The van der Waals surface area contributed by atoms with Gasteiger partial charge in [-0.25, -0.2) is 4.79 Å². The maximum Gasteiger partial charge on any atom is 0.326 e. The van der Waals surface area contributed by atoms with E-state index in [0.717, 1.165) is 0 Å². The van der Waals surface area contributed by atoms with E-state index >= 15 is 0 Å². The number of rotatable bonds is 17. The molecule has 9 N–H and O–H groups in total. The van der Waals surface area contributed by atoms with Gasteiger partial charge in [0.05, 0.1) is 6.04 Å². The molecule has 0 fully saturated rings. The van der Waals surface area contributed by atoms with Crippen molar-refractivity contribution in [1.29, 1.82) is 0 Å². The van der Waals surface area contributed by atoms with Gasteiger partial charge in [0.15, 0.2) is 0 Å². The van der Waals surface area contributed by atoms with Crippen molar-refractivity contribution >= 4 is 41.4 Å². The lowest BCUT2D eigenvalue weighted by atomic mass is 10.0. The van der Waals surface area contributed by atoms with Gasteiger partial charge in [-0.1, -0.05) is 24.3 Å². The summed E-state index contributed by atoms with van der Waals surface area (Å²) in [6.45, 7) is 0. The van der Waals surface area contributed by atoms with Gasteiger partial charge >= 0.3 is 11.9 Å². The number of carboxylic acid groups (broad SMARTS) is 2. The van der Waals surface area contributed by atoms with E-state index in [9.17, 15) is 39.3 Å². The molecule has 0 saturated heterocycles. The molecule has 0 heterocycles. The van der Waals surface area contributed by atoms with Crippen LogP contribution in [0.2, 0.25) is 0 Å². The van der Waals surface area contributed by atoms with Crippen LogP contribution in [0.5, 0.6) is 11.5 Å². The van der Waals surface area contributed by atoms with Crippen molar-refractivity contribution < 1.29 is 44.4 Å². The molecule has 2 aromatic rings. The topological polar surface area (TPSA) is 228 Å². The molecule has 4 atom stereocenters. The standard InChI is InChI=1S/C28H36N4O9S/c1-42-13-12-21(28(40)41)30-26(38)23(15-17-4-8-19(34)9-5-17)32-27(39)22(14-16-2-6-18(33)7-3-16)31-25(37)20(29)10-11-24(35)36/h2-9,20-23,33-34H,10-15,29H2,1H3,(H,30,38)(H,31,37)(H,32,39)(H,35,36)(H,40,41). The van der Waals surface area contributed by atoms with E-state index in [1.807, 2.05) is 0 Å². The van der Waals surface area contributed by atoms with Gasteiger partial charge in [0.2, 0.25) is 17.7 Å². The summed E-state index contributed by atoms with van der Waals surface area (Å²) in [7, 11) is 0. The zero-order valence-electron chi connectivity index (χ0n) is 23.0. The van der Waals surface area contributed by atoms with Crippen molar-refractivity contribution in [2.24, 2.45) is 5.73 Å². The maximum absolute atomic E-state index is 13.5. The zero-order chi connectivity index (χ0) is 31.2. The van der Waals surface area contributed by atoms with Crippen LogP contribution in [-0.4, -0.2) is 86.3 Å². The lowest BCUT2D eigenvalue weighted by molar-refractivity contribution is -0.142. The van der Waals surface area contributed by atoms with E-state index in [1.54, 1.807) is 18.4 Å². The minimum atomic E-state index is -1.27. The lowest BCUT2D eigenvalue weighted by Gasteiger charge is -2.25. The molecule has 0 aliphatic carbocycles.